The van der Waals surface area contributed by atoms with Crippen molar-refractivity contribution in [3.63, 3.8) is 0 Å². The number of nitrogens with zero attached hydrogens (tertiary/aromatic N) is 3. The van der Waals surface area contributed by atoms with Crippen LogP contribution in [0.5, 0.6) is 0 Å². The highest BCUT2D eigenvalue weighted by Gasteiger charge is 2.37. The van der Waals surface area contributed by atoms with Crippen molar-refractivity contribution >= 4 is 5.91 Å². The SMILES string of the molecule is CC(C)c1cc(C(=O)N2C[C@@H](C)[C@H](N3CCOCC3)C2)on1. The van der Waals surface area contributed by atoms with E-state index >= 15 is 0 Å². The van der Waals surface area contributed by atoms with Crippen molar-refractivity contribution in [1.29, 1.82) is 0 Å². The van der Waals surface area contributed by atoms with Crippen LogP contribution in [0.15, 0.2) is 10.6 Å². The molecule has 0 unspecified atom stereocenters. The molecule has 1 amide bonds. The topological polar surface area (TPSA) is 58.8 Å². The maximum atomic E-state index is 12.6. The molecule has 3 rings (SSSR count). The second kappa shape index (κ2) is 6.38. The molecule has 122 valence electrons. The third-order valence-electron chi connectivity index (χ3n) is 4.71. The predicted molar refractivity (Wildman–Crippen MR) is 81.8 cm³/mol. The van der Waals surface area contributed by atoms with Crippen molar-refractivity contribution in [2.75, 3.05) is 39.4 Å². The molecule has 0 N–H and O–H groups in total. The summed E-state index contributed by atoms with van der Waals surface area (Å²) in [4.78, 5) is 16.9. The third kappa shape index (κ3) is 3.03. The molecule has 2 aliphatic heterocycles. The molecule has 2 fully saturated rings. The van der Waals surface area contributed by atoms with E-state index < -0.39 is 0 Å². The monoisotopic (exact) mass is 307 g/mol. The van der Waals surface area contributed by atoms with Gasteiger partial charge in [0.1, 0.15) is 0 Å². The van der Waals surface area contributed by atoms with Gasteiger partial charge in [0.25, 0.3) is 5.91 Å². The van der Waals surface area contributed by atoms with Crippen LogP contribution in [0, 0.1) is 5.92 Å². The van der Waals surface area contributed by atoms with Gasteiger partial charge in [-0.1, -0.05) is 25.9 Å². The zero-order chi connectivity index (χ0) is 15.7. The molecular weight excluding hydrogens is 282 g/mol. The minimum Gasteiger partial charge on any atom is -0.379 e. The van der Waals surface area contributed by atoms with Gasteiger partial charge in [0.15, 0.2) is 0 Å². The summed E-state index contributed by atoms with van der Waals surface area (Å²) in [7, 11) is 0. The molecule has 2 atom stereocenters. The standard InChI is InChI=1S/C16H25N3O3/c1-11(2)13-8-15(22-17-13)16(20)19-9-12(3)14(10-19)18-4-6-21-7-5-18/h8,11-12,14H,4-7,9-10H2,1-3H3/t12-,14-/m1/s1. The number of rotatable bonds is 3. The van der Waals surface area contributed by atoms with Crippen LogP contribution < -0.4 is 0 Å². The highest BCUT2D eigenvalue weighted by Crippen LogP contribution is 2.25. The smallest absolute Gasteiger partial charge is 0.292 e. The van der Waals surface area contributed by atoms with Crippen molar-refractivity contribution in [2.24, 2.45) is 5.92 Å². The first-order valence-electron chi connectivity index (χ1n) is 8.14. The summed E-state index contributed by atoms with van der Waals surface area (Å²) < 4.78 is 10.7. The van der Waals surface area contributed by atoms with Crippen LogP contribution in [0.4, 0.5) is 0 Å². The Morgan fingerprint density at radius 3 is 2.68 bits per heavy atom. The van der Waals surface area contributed by atoms with E-state index in [0.29, 0.717) is 17.7 Å². The van der Waals surface area contributed by atoms with Gasteiger partial charge in [0.2, 0.25) is 5.76 Å². The Morgan fingerprint density at radius 1 is 1.32 bits per heavy atom. The Morgan fingerprint density at radius 2 is 2.05 bits per heavy atom. The van der Waals surface area contributed by atoms with Crippen LogP contribution in [-0.4, -0.2) is 66.3 Å². The molecule has 6 heteroatoms. The number of aromatic nitrogens is 1. The van der Waals surface area contributed by atoms with Gasteiger partial charge in [-0.25, -0.2) is 0 Å². The molecule has 0 aromatic carbocycles. The lowest BCUT2D eigenvalue weighted by Gasteiger charge is -2.33. The van der Waals surface area contributed by atoms with E-state index in [4.69, 9.17) is 9.26 Å². The summed E-state index contributed by atoms with van der Waals surface area (Å²) >= 11 is 0. The number of amides is 1. The largest absolute Gasteiger partial charge is 0.379 e. The average molecular weight is 307 g/mol. The minimum absolute atomic E-state index is 0.0398. The summed E-state index contributed by atoms with van der Waals surface area (Å²) in [5.74, 6) is 1.05. The number of hydrogen-bond acceptors (Lipinski definition) is 5. The number of carbonyl (C=O) groups is 1. The van der Waals surface area contributed by atoms with Crippen molar-refractivity contribution in [1.82, 2.24) is 15.0 Å². The van der Waals surface area contributed by atoms with E-state index in [-0.39, 0.29) is 11.8 Å². The lowest BCUT2D eigenvalue weighted by Crippen LogP contribution is -2.47. The van der Waals surface area contributed by atoms with Gasteiger partial charge in [-0.05, 0) is 11.8 Å². The van der Waals surface area contributed by atoms with Gasteiger partial charge >= 0.3 is 0 Å². The quantitative estimate of drug-likeness (QED) is 0.849. The van der Waals surface area contributed by atoms with Crippen LogP contribution in [0.1, 0.15) is 42.9 Å². The van der Waals surface area contributed by atoms with Gasteiger partial charge in [-0.3, -0.25) is 9.69 Å². The first-order chi connectivity index (χ1) is 10.6. The van der Waals surface area contributed by atoms with Gasteiger partial charge in [-0.2, -0.15) is 0 Å². The number of ether oxygens (including phenoxy) is 1. The second-order valence-corrected chi connectivity index (χ2v) is 6.67. The Hall–Kier alpha value is -1.40. The van der Waals surface area contributed by atoms with E-state index in [0.717, 1.165) is 45.1 Å². The number of morpholine rings is 1. The highest BCUT2D eigenvalue weighted by atomic mass is 16.5. The molecule has 0 radical (unpaired) electrons. The molecule has 2 saturated heterocycles. The lowest BCUT2D eigenvalue weighted by atomic mass is 10.0. The Kier molecular flexibility index (Phi) is 4.49. The van der Waals surface area contributed by atoms with Crippen LogP contribution in [0.25, 0.3) is 0 Å². The van der Waals surface area contributed by atoms with Crippen molar-refractivity contribution in [3.8, 4) is 0 Å². The van der Waals surface area contributed by atoms with E-state index in [2.05, 4.69) is 17.0 Å². The average Bonchev–Trinajstić information content (AvgIpc) is 3.14. The molecular formula is C16H25N3O3. The summed E-state index contributed by atoms with van der Waals surface area (Å²) in [6.45, 7) is 11.3. The van der Waals surface area contributed by atoms with Gasteiger partial charge < -0.3 is 14.2 Å². The van der Waals surface area contributed by atoms with Gasteiger partial charge in [0, 0.05) is 38.3 Å². The van der Waals surface area contributed by atoms with Crippen LogP contribution in [0.3, 0.4) is 0 Å². The Bertz CT molecular complexity index is 522. The van der Waals surface area contributed by atoms with Crippen LogP contribution in [0.2, 0.25) is 0 Å². The molecule has 1 aromatic rings. The fourth-order valence-electron chi connectivity index (χ4n) is 3.32. The van der Waals surface area contributed by atoms with Crippen LogP contribution >= 0.6 is 0 Å². The molecule has 3 heterocycles. The number of hydrogen-bond donors (Lipinski definition) is 0. The molecule has 0 saturated carbocycles. The van der Waals surface area contributed by atoms with E-state index in [1.807, 2.05) is 18.7 Å². The first-order valence-corrected chi connectivity index (χ1v) is 8.14. The molecule has 22 heavy (non-hydrogen) atoms. The lowest BCUT2D eigenvalue weighted by molar-refractivity contribution is 0.0118. The first kappa shape index (κ1) is 15.5. The highest BCUT2D eigenvalue weighted by molar-refractivity contribution is 5.91. The summed E-state index contributed by atoms with van der Waals surface area (Å²) in [5, 5.41) is 3.99. The number of carbonyl (C=O) groups excluding carboxylic acids is 1. The molecule has 2 aliphatic rings. The normalized spacial score (nSPS) is 26.8. The zero-order valence-electron chi connectivity index (χ0n) is 13.6. The maximum absolute atomic E-state index is 12.6. The predicted octanol–water partition coefficient (Wildman–Crippen LogP) is 1.59. The minimum atomic E-state index is -0.0398. The molecule has 1 aromatic heterocycles. The maximum Gasteiger partial charge on any atom is 0.292 e. The Balaban J connectivity index is 1.66. The van der Waals surface area contributed by atoms with Crippen LogP contribution in [-0.2, 0) is 4.74 Å². The van der Waals surface area contributed by atoms with Crippen molar-refractivity contribution in [3.05, 3.63) is 17.5 Å². The van der Waals surface area contributed by atoms with E-state index in [1.165, 1.54) is 0 Å². The van der Waals surface area contributed by atoms with Crippen molar-refractivity contribution < 1.29 is 14.1 Å². The third-order valence-corrected chi connectivity index (χ3v) is 4.71. The molecule has 0 bridgehead atoms. The molecule has 0 spiro atoms. The molecule has 6 nitrogen and oxygen atoms in total. The summed E-state index contributed by atoms with van der Waals surface area (Å²) in [6.07, 6.45) is 0. The Labute approximate surface area is 131 Å². The summed E-state index contributed by atoms with van der Waals surface area (Å²) in [6, 6.07) is 2.19. The zero-order valence-corrected chi connectivity index (χ0v) is 13.6. The molecule has 0 aliphatic carbocycles. The van der Waals surface area contributed by atoms with E-state index in [9.17, 15) is 4.79 Å². The fraction of sp³-hybridized carbons (Fsp3) is 0.750. The fourth-order valence-corrected chi connectivity index (χ4v) is 3.32. The van der Waals surface area contributed by atoms with Gasteiger partial charge in [-0.15, -0.1) is 0 Å². The number of likely N-dealkylation sites (tertiary alicyclic amines) is 1. The van der Waals surface area contributed by atoms with Crippen molar-refractivity contribution in [2.45, 2.75) is 32.7 Å². The summed E-state index contributed by atoms with van der Waals surface area (Å²) in [5.41, 5.74) is 0.834. The second-order valence-electron chi connectivity index (χ2n) is 6.67. The van der Waals surface area contributed by atoms with Gasteiger partial charge in [0.05, 0.1) is 18.9 Å². The van der Waals surface area contributed by atoms with E-state index in [1.54, 1.807) is 6.07 Å².